The number of benzene rings is 1. The number of hydrogen-bond donors (Lipinski definition) is 1. The highest BCUT2D eigenvalue weighted by Crippen LogP contribution is 2.25. The molecule has 1 N–H and O–H groups in total. The largest absolute Gasteiger partial charge is 0.465 e. The number of carbonyl (C=O) groups is 1. The van der Waals surface area contributed by atoms with E-state index < -0.39 is 0 Å². The number of rotatable bonds is 4. The molecule has 116 valence electrons. The third-order valence-corrected chi connectivity index (χ3v) is 4.07. The molecule has 1 aliphatic rings. The van der Waals surface area contributed by atoms with E-state index in [0.29, 0.717) is 23.6 Å². The molecule has 1 aromatic rings. The van der Waals surface area contributed by atoms with Crippen molar-refractivity contribution in [2.75, 3.05) is 19.0 Å². The molecule has 2 atom stereocenters. The van der Waals surface area contributed by atoms with Gasteiger partial charge in [-0.15, -0.1) is 0 Å². The Labute approximate surface area is 126 Å². The van der Waals surface area contributed by atoms with E-state index in [1.54, 1.807) is 6.07 Å². The molecule has 0 saturated carbocycles. The van der Waals surface area contributed by atoms with Gasteiger partial charge in [0.25, 0.3) is 0 Å². The molecule has 1 aliphatic heterocycles. The second-order valence-corrected chi connectivity index (χ2v) is 6.04. The predicted molar refractivity (Wildman–Crippen MR) is 83.7 cm³/mol. The van der Waals surface area contributed by atoms with E-state index in [1.807, 2.05) is 19.1 Å². The summed E-state index contributed by atoms with van der Waals surface area (Å²) in [5.74, 6) is 0.244. The number of hydrogen-bond acceptors (Lipinski definition) is 4. The summed E-state index contributed by atoms with van der Waals surface area (Å²) in [4.78, 5) is 11.5. The molecule has 1 heterocycles. The first-order chi connectivity index (χ1) is 10.0. The van der Waals surface area contributed by atoms with Crippen molar-refractivity contribution in [2.24, 2.45) is 5.92 Å². The van der Waals surface area contributed by atoms with Crippen LogP contribution in [0.1, 0.15) is 42.6 Å². The van der Waals surface area contributed by atoms with Crippen LogP contribution in [0.15, 0.2) is 18.2 Å². The molecule has 4 nitrogen and oxygen atoms in total. The van der Waals surface area contributed by atoms with Gasteiger partial charge in [0.2, 0.25) is 0 Å². The van der Waals surface area contributed by atoms with Crippen molar-refractivity contribution in [3.63, 3.8) is 0 Å². The summed E-state index contributed by atoms with van der Waals surface area (Å²) in [7, 11) is 1.40. The molecule has 1 saturated heterocycles. The van der Waals surface area contributed by atoms with Crippen LogP contribution >= 0.6 is 0 Å². The van der Waals surface area contributed by atoms with Crippen LogP contribution < -0.4 is 5.32 Å². The Morgan fingerprint density at radius 3 is 2.81 bits per heavy atom. The van der Waals surface area contributed by atoms with Crippen molar-refractivity contribution < 1.29 is 14.3 Å². The Morgan fingerprint density at radius 2 is 2.19 bits per heavy atom. The number of esters is 1. The Morgan fingerprint density at radius 1 is 1.43 bits per heavy atom. The summed E-state index contributed by atoms with van der Waals surface area (Å²) in [5, 5.41) is 3.59. The van der Waals surface area contributed by atoms with Gasteiger partial charge in [0, 0.05) is 18.3 Å². The molecular formula is C17H25NO3. The van der Waals surface area contributed by atoms with Crippen molar-refractivity contribution in [3.05, 3.63) is 29.3 Å². The third kappa shape index (κ3) is 3.97. The van der Waals surface area contributed by atoms with E-state index in [1.165, 1.54) is 7.11 Å². The third-order valence-electron chi connectivity index (χ3n) is 4.07. The van der Waals surface area contributed by atoms with Crippen molar-refractivity contribution in [3.8, 4) is 0 Å². The lowest BCUT2D eigenvalue weighted by Gasteiger charge is -2.33. The summed E-state index contributed by atoms with van der Waals surface area (Å²) < 4.78 is 10.5. The Kier molecular flexibility index (Phi) is 5.23. The smallest absolute Gasteiger partial charge is 0.337 e. The monoisotopic (exact) mass is 291 g/mol. The highest BCUT2D eigenvalue weighted by Gasteiger charge is 2.25. The van der Waals surface area contributed by atoms with Gasteiger partial charge in [0.05, 0.1) is 18.8 Å². The number of carbonyl (C=O) groups excluding carboxylic acids is 1. The van der Waals surface area contributed by atoms with Crippen molar-refractivity contribution >= 4 is 11.7 Å². The molecule has 2 rings (SSSR count). The second kappa shape index (κ2) is 6.94. The molecule has 0 bridgehead atoms. The van der Waals surface area contributed by atoms with Crippen LogP contribution in [0.25, 0.3) is 0 Å². The van der Waals surface area contributed by atoms with Crippen LogP contribution in [0.2, 0.25) is 0 Å². The first-order valence-electron chi connectivity index (χ1n) is 7.58. The van der Waals surface area contributed by atoms with E-state index in [2.05, 4.69) is 19.2 Å². The summed E-state index contributed by atoms with van der Waals surface area (Å²) in [6.07, 6.45) is 2.36. The number of anilines is 1. The molecule has 2 unspecified atom stereocenters. The Balaban J connectivity index is 2.04. The number of nitrogens with one attached hydrogen (secondary N) is 1. The molecule has 4 heteroatoms. The van der Waals surface area contributed by atoms with Crippen LogP contribution in [0.3, 0.4) is 0 Å². The lowest BCUT2D eigenvalue weighted by molar-refractivity contribution is -0.0160. The second-order valence-electron chi connectivity index (χ2n) is 6.04. The SMILES string of the molecule is COC(=O)c1ccc(NC2CCOC(C(C)C)C2)c(C)c1. The molecule has 0 aliphatic carbocycles. The molecule has 1 fully saturated rings. The molecule has 0 amide bonds. The minimum absolute atomic E-state index is 0.296. The lowest BCUT2D eigenvalue weighted by Crippen LogP contribution is -2.36. The average Bonchev–Trinajstić information content (AvgIpc) is 2.48. The molecule has 0 radical (unpaired) electrons. The van der Waals surface area contributed by atoms with Crippen LogP contribution in [-0.4, -0.2) is 31.8 Å². The quantitative estimate of drug-likeness (QED) is 0.864. The first-order valence-corrected chi connectivity index (χ1v) is 7.58. The topological polar surface area (TPSA) is 47.6 Å². The molecule has 21 heavy (non-hydrogen) atoms. The fraction of sp³-hybridized carbons (Fsp3) is 0.588. The average molecular weight is 291 g/mol. The zero-order chi connectivity index (χ0) is 15.4. The first kappa shape index (κ1) is 15.8. The van der Waals surface area contributed by atoms with Gasteiger partial charge in [-0.1, -0.05) is 13.8 Å². The van der Waals surface area contributed by atoms with Gasteiger partial charge < -0.3 is 14.8 Å². The highest BCUT2D eigenvalue weighted by atomic mass is 16.5. The summed E-state index contributed by atoms with van der Waals surface area (Å²) in [6.45, 7) is 7.21. The van der Waals surface area contributed by atoms with Gasteiger partial charge in [0.1, 0.15) is 0 Å². The number of methoxy groups -OCH3 is 1. The fourth-order valence-corrected chi connectivity index (χ4v) is 2.71. The molecule has 1 aromatic carbocycles. The van der Waals surface area contributed by atoms with Gasteiger partial charge in [-0.2, -0.15) is 0 Å². The molecule has 0 spiro atoms. The maximum absolute atomic E-state index is 11.5. The van der Waals surface area contributed by atoms with E-state index in [9.17, 15) is 4.79 Å². The van der Waals surface area contributed by atoms with Gasteiger partial charge in [-0.05, 0) is 49.4 Å². The maximum Gasteiger partial charge on any atom is 0.337 e. The summed E-state index contributed by atoms with van der Waals surface area (Å²) in [5.41, 5.74) is 2.73. The van der Waals surface area contributed by atoms with E-state index in [4.69, 9.17) is 9.47 Å². The summed E-state index contributed by atoms with van der Waals surface area (Å²) >= 11 is 0. The zero-order valence-corrected chi connectivity index (χ0v) is 13.3. The Bertz CT molecular complexity index is 499. The number of ether oxygens (including phenoxy) is 2. The van der Waals surface area contributed by atoms with E-state index in [-0.39, 0.29) is 5.97 Å². The highest BCUT2D eigenvalue weighted by molar-refractivity contribution is 5.90. The minimum Gasteiger partial charge on any atom is -0.465 e. The maximum atomic E-state index is 11.5. The van der Waals surface area contributed by atoms with Crippen LogP contribution in [0, 0.1) is 12.8 Å². The van der Waals surface area contributed by atoms with Gasteiger partial charge in [0.15, 0.2) is 0 Å². The predicted octanol–water partition coefficient (Wildman–Crippen LogP) is 3.40. The summed E-state index contributed by atoms with van der Waals surface area (Å²) in [6, 6.07) is 6.06. The van der Waals surface area contributed by atoms with E-state index >= 15 is 0 Å². The normalized spacial score (nSPS) is 22.1. The fourth-order valence-electron chi connectivity index (χ4n) is 2.71. The minimum atomic E-state index is -0.296. The molecule has 0 aromatic heterocycles. The van der Waals surface area contributed by atoms with Crippen molar-refractivity contribution in [1.29, 1.82) is 0 Å². The van der Waals surface area contributed by atoms with Gasteiger partial charge in [-0.25, -0.2) is 4.79 Å². The van der Waals surface area contributed by atoms with E-state index in [0.717, 1.165) is 30.7 Å². The standard InChI is InChI=1S/C17H25NO3/c1-11(2)16-10-14(7-8-21-16)18-15-6-5-13(9-12(15)3)17(19)20-4/h5-6,9,11,14,16,18H,7-8,10H2,1-4H3. The van der Waals surface area contributed by atoms with Crippen LogP contribution in [0.4, 0.5) is 5.69 Å². The lowest BCUT2D eigenvalue weighted by atomic mass is 9.95. The Hall–Kier alpha value is -1.55. The van der Waals surface area contributed by atoms with Crippen LogP contribution in [-0.2, 0) is 9.47 Å². The van der Waals surface area contributed by atoms with Gasteiger partial charge in [-0.3, -0.25) is 0 Å². The zero-order valence-electron chi connectivity index (χ0n) is 13.3. The van der Waals surface area contributed by atoms with Crippen LogP contribution in [0.5, 0.6) is 0 Å². The molecular weight excluding hydrogens is 266 g/mol. The van der Waals surface area contributed by atoms with Crippen molar-refractivity contribution in [2.45, 2.75) is 45.8 Å². The van der Waals surface area contributed by atoms with Gasteiger partial charge >= 0.3 is 5.97 Å². The number of aryl methyl sites for hydroxylation is 1. The van der Waals surface area contributed by atoms with Crippen molar-refractivity contribution in [1.82, 2.24) is 0 Å².